The summed E-state index contributed by atoms with van der Waals surface area (Å²) in [5.41, 5.74) is 1.05. The van der Waals surface area contributed by atoms with Gasteiger partial charge in [0.15, 0.2) is 9.84 Å². The number of rotatable bonds is 7. The maximum Gasteiger partial charge on any atom is 0.407 e. The van der Waals surface area contributed by atoms with Gasteiger partial charge in [-0.25, -0.2) is 13.2 Å². The minimum atomic E-state index is -3.63. The second-order valence-electron chi connectivity index (χ2n) is 6.35. The van der Waals surface area contributed by atoms with Crippen molar-refractivity contribution in [3.05, 3.63) is 35.9 Å². The number of sulfone groups is 1. The van der Waals surface area contributed by atoms with Gasteiger partial charge in [0.25, 0.3) is 0 Å². The van der Waals surface area contributed by atoms with Crippen LogP contribution in [0.15, 0.2) is 30.3 Å². The average molecular weight is 368 g/mol. The second kappa shape index (κ2) is 8.33. The van der Waals surface area contributed by atoms with Gasteiger partial charge in [-0.15, -0.1) is 0 Å². The minimum Gasteiger partial charge on any atom is -0.465 e. The fourth-order valence-electron chi connectivity index (χ4n) is 3.14. The van der Waals surface area contributed by atoms with Crippen LogP contribution in [-0.2, 0) is 21.1 Å². The molecule has 2 rings (SSSR count). The van der Waals surface area contributed by atoms with E-state index in [0.29, 0.717) is 32.4 Å². The number of carboxylic acid groups (broad SMARTS) is 1. The molecule has 1 aromatic carbocycles. The van der Waals surface area contributed by atoms with Gasteiger partial charge in [-0.1, -0.05) is 30.3 Å². The summed E-state index contributed by atoms with van der Waals surface area (Å²) >= 11 is 0. The van der Waals surface area contributed by atoms with Crippen molar-refractivity contribution in [3.63, 3.8) is 0 Å². The summed E-state index contributed by atoms with van der Waals surface area (Å²) in [6, 6.07) is 9.13. The topological polar surface area (TPSA) is 104 Å². The predicted octanol–water partition coefficient (Wildman–Crippen LogP) is 1.29. The number of nitrogens with zero attached hydrogens (tertiary/aromatic N) is 1. The molecule has 0 radical (unpaired) electrons. The Morgan fingerprint density at radius 3 is 2.60 bits per heavy atom. The normalized spacial score (nSPS) is 18.8. The van der Waals surface area contributed by atoms with Crippen LogP contribution in [0.25, 0.3) is 0 Å². The van der Waals surface area contributed by atoms with E-state index >= 15 is 0 Å². The quantitative estimate of drug-likeness (QED) is 0.755. The molecule has 0 aliphatic carbocycles. The van der Waals surface area contributed by atoms with Crippen molar-refractivity contribution in [1.29, 1.82) is 0 Å². The van der Waals surface area contributed by atoms with E-state index in [1.807, 2.05) is 30.3 Å². The van der Waals surface area contributed by atoms with Gasteiger partial charge in [0, 0.05) is 25.4 Å². The van der Waals surface area contributed by atoms with Crippen molar-refractivity contribution in [2.45, 2.75) is 37.0 Å². The van der Waals surface area contributed by atoms with Gasteiger partial charge in [0.05, 0.1) is 0 Å². The lowest BCUT2D eigenvalue weighted by atomic mass is 10.1. The summed E-state index contributed by atoms with van der Waals surface area (Å²) in [5.74, 6) is -0.560. The molecular formula is C17H24N2O5S. The van der Waals surface area contributed by atoms with E-state index in [0.717, 1.165) is 11.8 Å². The van der Waals surface area contributed by atoms with Crippen molar-refractivity contribution in [2.24, 2.45) is 0 Å². The Labute approximate surface area is 147 Å². The number of hydrogen-bond acceptors (Lipinski definition) is 4. The molecule has 2 amide bonds. The summed E-state index contributed by atoms with van der Waals surface area (Å²) in [4.78, 5) is 24.8. The van der Waals surface area contributed by atoms with Crippen LogP contribution in [-0.4, -0.2) is 61.1 Å². The Balaban J connectivity index is 1.97. The van der Waals surface area contributed by atoms with Crippen molar-refractivity contribution < 1.29 is 23.1 Å². The highest BCUT2D eigenvalue weighted by Crippen LogP contribution is 2.23. The Morgan fingerprint density at radius 2 is 2.00 bits per heavy atom. The first-order chi connectivity index (χ1) is 11.8. The molecule has 1 heterocycles. The molecule has 0 spiro atoms. The molecule has 138 valence electrons. The number of likely N-dealkylation sites (tertiary alicyclic amines) is 1. The lowest BCUT2D eigenvalue weighted by molar-refractivity contribution is -0.121. The van der Waals surface area contributed by atoms with E-state index in [1.54, 1.807) is 0 Å². The fourth-order valence-corrected chi connectivity index (χ4v) is 4.19. The largest absolute Gasteiger partial charge is 0.465 e. The van der Waals surface area contributed by atoms with Gasteiger partial charge in [0.1, 0.15) is 5.25 Å². The Kier molecular flexibility index (Phi) is 6.41. The van der Waals surface area contributed by atoms with E-state index in [4.69, 9.17) is 0 Å². The molecule has 0 saturated carbocycles. The highest BCUT2D eigenvalue weighted by Gasteiger charge is 2.37. The van der Waals surface area contributed by atoms with E-state index in [-0.39, 0.29) is 6.42 Å². The summed E-state index contributed by atoms with van der Waals surface area (Å²) in [6.07, 6.45) is 1.82. The van der Waals surface area contributed by atoms with E-state index in [9.17, 15) is 23.1 Å². The maximum absolute atomic E-state index is 12.4. The number of carbonyl (C=O) groups is 2. The van der Waals surface area contributed by atoms with Gasteiger partial charge in [0.2, 0.25) is 5.91 Å². The Morgan fingerprint density at radius 1 is 1.32 bits per heavy atom. The molecule has 8 heteroatoms. The lowest BCUT2D eigenvalue weighted by Crippen LogP contribution is -2.45. The third-order valence-electron chi connectivity index (χ3n) is 4.47. The predicted molar refractivity (Wildman–Crippen MR) is 94.2 cm³/mol. The van der Waals surface area contributed by atoms with Crippen LogP contribution in [0.5, 0.6) is 0 Å². The zero-order valence-corrected chi connectivity index (χ0v) is 15.0. The minimum absolute atomic E-state index is 0.00229. The number of carbonyl (C=O) groups excluding carboxylic acids is 1. The lowest BCUT2D eigenvalue weighted by Gasteiger charge is -2.25. The fraction of sp³-hybridized carbons (Fsp3) is 0.529. The summed E-state index contributed by atoms with van der Waals surface area (Å²) < 4.78 is 24.1. The number of amides is 2. The van der Waals surface area contributed by atoms with Crippen LogP contribution < -0.4 is 5.32 Å². The highest BCUT2D eigenvalue weighted by atomic mass is 32.2. The van der Waals surface area contributed by atoms with Crippen LogP contribution >= 0.6 is 0 Å². The Bertz CT molecular complexity index is 705. The van der Waals surface area contributed by atoms with E-state index in [2.05, 4.69) is 5.32 Å². The zero-order chi connectivity index (χ0) is 18.4. The highest BCUT2D eigenvalue weighted by molar-refractivity contribution is 7.92. The van der Waals surface area contributed by atoms with E-state index < -0.39 is 33.1 Å². The first-order valence-corrected chi connectivity index (χ1v) is 10.2. The van der Waals surface area contributed by atoms with Crippen molar-refractivity contribution in [2.75, 3.05) is 19.3 Å². The molecule has 1 fully saturated rings. The second-order valence-corrected chi connectivity index (χ2v) is 8.58. The molecule has 2 N–H and O–H groups in total. The smallest absolute Gasteiger partial charge is 0.407 e. The van der Waals surface area contributed by atoms with Crippen LogP contribution in [0.2, 0.25) is 0 Å². The molecule has 0 bridgehead atoms. The molecule has 25 heavy (non-hydrogen) atoms. The molecule has 0 aromatic heterocycles. The zero-order valence-electron chi connectivity index (χ0n) is 14.2. The molecule has 1 saturated heterocycles. The molecule has 1 aliphatic rings. The van der Waals surface area contributed by atoms with Gasteiger partial charge >= 0.3 is 6.09 Å². The number of nitrogens with one attached hydrogen (secondary N) is 1. The molecular weight excluding hydrogens is 344 g/mol. The Hall–Kier alpha value is -2.09. The van der Waals surface area contributed by atoms with Crippen LogP contribution in [0.1, 0.15) is 24.8 Å². The maximum atomic E-state index is 12.4. The van der Waals surface area contributed by atoms with Gasteiger partial charge in [-0.3, -0.25) is 4.79 Å². The standard InChI is InChI=1S/C17H24N2O5S/c1-25(23,24)15(12-14-8-5-11-19(14)17(21)22)16(20)18-10-9-13-6-3-2-4-7-13/h2-4,6-7,14-15H,5,8-12H2,1H3,(H,18,20)(H,21,22). The first-order valence-electron chi connectivity index (χ1n) is 8.29. The van der Waals surface area contributed by atoms with Crippen LogP contribution in [0.3, 0.4) is 0 Å². The third-order valence-corrected chi connectivity index (χ3v) is 5.91. The van der Waals surface area contributed by atoms with Gasteiger partial charge in [-0.05, 0) is 31.2 Å². The van der Waals surface area contributed by atoms with Crippen molar-refractivity contribution >= 4 is 21.8 Å². The summed E-state index contributed by atoms with van der Waals surface area (Å²) in [7, 11) is -3.63. The first kappa shape index (κ1) is 19.2. The van der Waals surface area contributed by atoms with Gasteiger partial charge < -0.3 is 15.3 Å². The van der Waals surface area contributed by atoms with E-state index in [1.165, 1.54) is 4.90 Å². The molecule has 7 nitrogen and oxygen atoms in total. The van der Waals surface area contributed by atoms with Gasteiger partial charge in [-0.2, -0.15) is 0 Å². The van der Waals surface area contributed by atoms with Crippen LogP contribution in [0.4, 0.5) is 4.79 Å². The average Bonchev–Trinajstić information content (AvgIpc) is 3.01. The molecule has 1 aliphatic heterocycles. The summed E-state index contributed by atoms with van der Waals surface area (Å²) in [6.45, 7) is 0.717. The molecule has 1 aromatic rings. The third kappa shape index (κ3) is 5.45. The van der Waals surface area contributed by atoms with Crippen molar-refractivity contribution in [1.82, 2.24) is 10.2 Å². The summed E-state index contributed by atoms with van der Waals surface area (Å²) in [5, 5.41) is 10.6. The SMILES string of the molecule is CS(=O)(=O)C(CC1CCCN1C(=O)O)C(=O)NCCc1ccccc1. The molecule has 2 atom stereocenters. The van der Waals surface area contributed by atoms with Crippen molar-refractivity contribution in [3.8, 4) is 0 Å². The van der Waals surface area contributed by atoms with Crippen LogP contribution in [0, 0.1) is 0 Å². The number of hydrogen-bond donors (Lipinski definition) is 2. The monoisotopic (exact) mass is 368 g/mol. The molecule has 2 unspecified atom stereocenters. The number of benzene rings is 1.